The van der Waals surface area contributed by atoms with Crippen molar-refractivity contribution < 1.29 is 9.47 Å². The molecule has 1 saturated heterocycles. The zero-order chi connectivity index (χ0) is 13.5. The molecular formula is C15H24N2O2. The fourth-order valence-corrected chi connectivity index (χ4v) is 2.45. The number of benzene rings is 1. The quantitative estimate of drug-likeness (QED) is 0.789. The normalized spacial score (nSPS) is 20.4. The number of nitrogens with two attached hydrogens (primary N) is 1. The monoisotopic (exact) mass is 264 g/mol. The Morgan fingerprint density at radius 2 is 2.32 bits per heavy atom. The molecule has 106 valence electrons. The predicted octanol–water partition coefficient (Wildman–Crippen LogP) is 1.85. The van der Waals surface area contributed by atoms with Gasteiger partial charge in [-0.05, 0) is 25.8 Å². The van der Waals surface area contributed by atoms with Crippen LogP contribution in [0.15, 0.2) is 24.3 Å². The maximum absolute atomic E-state index is 5.90. The van der Waals surface area contributed by atoms with E-state index in [1.54, 1.807) is 0 Å². The predicted molar refractivity (Wildman–Crippen MR) is 76.4 cm³/mol. The first-order valence-electron chi connectivity index (χ1n) is 7.12. The van der Waals surface area contributed by atoms with E-state index in [1.807, 2.05) is 25.1 Å². The molecule has 2 rings (SSSR count). The summed E-state index contributed by atoms with van der Waals surface area (Å²) in [6, 6.07) is 8.20. The van der Waals surface area contributed by atoms with E-state index in [-0.39, 0.29) is 6.04 Å². The van der Waals surface area contributed by atoms with Gasteiger partial charge in [-0.2, -0.15) is 0 Å². The molecule has 0 spiro atoms. The molecule has 1 aromatic rings. The average molecular weight is 264 g/mol. The van der Waals surface area contributed by atoms with Gasteiger partial charge in [-0.25, -0.2) is 0 Å². The third kappa shape index (κ3) is 3.93. The number of hydrogen-bond acceptors (Lipinski definition) is 4. The van der Waals surface area contributed by atoms with Crippen molar-refractivity contribution in [1.29, 1.82) is 0 Å². The summed E-state index contributed by atoms with van der Waals surface area (Å²) in [4.78, 5) is 0. The smallest absolute Gasteiger partial charge is 0.124 e. The van der Waals surface area contributed by atoms with Crippen molar-refractivity contribution in [2.24, 2.45) is 5.73 Å². The average Bonchev–Trinajstić information content (AvgIpc) is 2.95. The van der Waals surface area contributed by atoms with Crippen molar-refractivity contribution in [2.75, 3.05) is 26.3 Å². The molecule has 1 aliphatic rings. The van der Waals surface area contributed by atoms with Crippen LogP contribution in [0, 0.1) is 0 Å². The van der Waals surface area contributed by atoms with Crippen LogP contribution in [0.1, 0.15) is 31.4 Å². The van der Waals surface area contributed by atoms with E-state index in [1.165, 1.54) is 0 Å². The van der Waals surface area contributed by atoms with Gasteiger partial charge in [0, 0.05) is 31.3 Å². The van der Waals surface area contributed by atoms with E-state index in [4.69, 9.17) is 15.2 Å². The Kier molecular flexibility index (Phi) is 5.63. The fraction of sp³-hybridized carbons (Fsp3) is 0.600. The number of hydrogen-bond donors (Lipinski definition) is 2. The molecule has 0 saturated carbocycles. The van der Waals surface area contributed by atoms with Gasteiger partial charge in [-0.3, -0.25) is 0 Å². The number of ether oxygens (including phenoxy) is 2. The van der Waals surface area contributed by atoms with Crippen LogP contribution in [0.25, 0.3) is 0 Å². The molecule has 2 atom stereocenters. The number of para-hydroxylation sites is 1. The van der Waals surface area contributed by atoms with Gasteiger partial charge in [0.15, 0.2) is 0 Å². The second-order valence-corrected chi connectivity index (χ2v) is 4.80. The van der Waals surface area contributed by atoms with Crippen LogP contribution in [0.4, 0.5) is 0 Å². The van der Waals surface area contributed by atoms with Gasteiger partial charge in [0.1, 0.15) is 5.75 Å². The van der Waals surface area contributed by atoms with Gasteiger partial charge in [-0.1, -0.05) is 18.2 Å². The van der Waals surface area contributed by atoms with Crippen LogP contribution in [-0.4, -0.2) is 32.4 Å². The van der Waals surface area contributed by atoms with Crippen LogP contribution in [0.2, 0.25) is 0 Å². The maximum Gasteiger partial charge on any atom is 0.124 e. The minimum atomic E-state index is 0.118. The highest BCUT2D eigenvalue weighted by atomic mass is 16.5. The van der Waals surface area contributed by atoms with Crippen LogP contribution in [-0.2, 0) is 4.74 Å². The molecule has 0 amide bonds. The Morgan fingerprint density at radius 3 is 3.00 bits per heavy atom. The Balaban J connectivity index is 1.99. The van der Waals surface area contributed by atoms with Crippen molar-refractivity contribution in [1.82, 2.24) is 5.32 Å². The molecule has 3 N–H and O–H groups in total. The summed E-state index contributed by atoms with van der Waals surface area (Å²) in [7, 11) is 0. The van der Waals surface area contributed by atoms with E-state index < -0.39 is 0 Å². The molecule has 1 fully saturated rings. The lowest BCUT2D eigenvalue weighted by Crippen LogP contribution is -2.34. The molecule has 19 heavy (non-hydrogen) atoms. The Morgan fingerprint density at radius 1 is 1.47 bits per heavy atom. The highest BCUT2D eigenvalue weighted by Gasteiger charge is 2.19. The highest BCUT2D eigenvalue weighted by Crippen LogP contribution is 2.25. The van der Waals surface area contributed by atoms with Crippen molar-refractivity contribution in [3.05, 3.63) is 29.8 Å². The first-order valence-corrected chi connectivity index (χ1v) is 7.12. The van der Waals surface area contributed by atoms with Gasteiger partial charge in [0.2, 0.25) is 0 Å². The summed E-state index contributed by atoms with van der Waals surface area (Å²) < 4.78 is 11.3. The van der Waals surface area contributed by atoms with Gasteiger partial charge < -0.3 is 20.5 Å². The molecule has 0 bridgehead atoms. The third-order valence-corrected chi connectivity index (χ3v) is 3.45. The van der Waals surface area contributed by atoms with Crippen LogP contribution in [0.3, 0.4) is 0 Å². The van der Waals surface area contributed by atoms with E-state index in [2.05, 4.69) is 11.4 Å². The largest absolute Gasteiger partial charge is 0.494 e. The summed E-state index contributed by atoms with van der Waals surface area (Å²) in [6.07, 6.45) is 2.63. The summed E-state index contributed by atoms with van der Waals surface area (Å²) in [6.45, 7) is 4.95. The lowest BCUT2D eigenvalue weighted by molar-refractivity contribution is 0.107. The third-order valence-electron chi connectivity index (χ3n) is 3.45. The van der Waals surface area contributed by atoms with Gasteiger partial charge in [0.25, 0.3) is 0 Å². The van der Waals surface area contributed by atoms with Gasteiger partial charge >= 0.3 is 0 Å². The van der Waals surface area contributed by atoms with E-state index in [9.17, 15) is 0 Å². The van der Waals surface area contributed by atoms with E-state index >= 15 is 0 Å². The minimum Gasteiger partial charge on any atom is -0.494 e. The lowest BCUT2D eigenvalue weighted by atomic mass is 10.1. The lowest BCUT2D eigenvalue weighted by Gasteiger charge is -2.22. The molecule has 0 aromatic heterocycles. The van der Waals surface area contributed by atoms with Gasteiger partial charge in [-0.15, -0.1) is 0 Å². The summed E-state index contributed by atoms with van der Waals surface area (Å²) in [5.41, 5.74) is 7.03. The Hall–Kier alpha value is -1.10. The molecule has 4 heteroatoms. The maximum atomic E-state index is 5.90. The fourth-order valence-electron chi connectivity index (χ4n) is 2.45. The Bertz CT molecular complexity index is 378. The molecule has 0 aliphatic carbocycles. The zero-order valence-electron chi connectivity index (χ0n) is 11.6. The van der Waals surface area contributed by atoms with Crippen molar-refractivity contribution in [2.45, 2.75) is 31.9 Å². The second kappa shape index (κ2) is 7.48. The van der Waals surface area contributed by atoms with Crippen molar-refractivity contribution >= 4 is 0 Å². The molecule has 0 radical (unpaired) electrons. The summed E-state index contributed by atoms with van der Waals surface area (Å²) in [5.74, 6) is 0.917. The van der Waals surface area contributed by atoms with E-state index in [0.717, 1.165) is 37.3 Å². The first-order chi connectivity index (χ1) is 9.35. The minimum absolute atomic E-state index is 0.118. The zero-order valence-corrected chi connectivity index (χ0v) is 11.6. The number of nitrogens with one attached hydrogen (secondary N) is 1. The standard InChI is InChI=1S/C15H24N2O2/c1-2-18-15-8-4-3-7-13(15)14(10-16)17-11-12-6-5-9-19-12/h3-4,7-8,12,14,17H,2,5-6,9-11,16H2,1H3. The Labute approximate surface area is 115 Å². The highest BCUT2D eigenvalue weighted by molar-refractivity contribution is 5.36. The molecule has 2 unspecified atom stereocenters. The van der Waals surface area contributed by atoms with Crippen LogP contribution < -0.4 is 15.8 Å². The first kappa shape index (κ1) is 14.3. The molecular weight excluding hydrogens is 240 g/mol. The molecule has 1 heterocycles. The van der Waals surface area contributed by atoms with E-state index in [0.29, 0.717) is 19.3 Å². The van der Waals surface area contributed by atoms with Crippen molar-refractivity contribution in [3.8, 4) is 5.75 Å². The molecule has 1 aromatic carbocycles. The van der Waals surface area contributed by atoms with Crippen LogP contribution in [0.5, 0.6) is 5.75 Å². The topological polar surface area (TPSA) is 56.5 Å². The molecule has 4 nitrogen and oxygen atoms in total. The van der Waals surface area contributed by atoms with Crippen molar-refractivity contribution in [3.63, 3.8) is 0 Å². The number of rotatable bonds is 7. The van der Waals surface area contributed by atoms with Gasteiger partial charge in [0.05, 0.1) is 12.7 Å². The molecule has 1 aliphatic heterocycles. The summed E-state index contributed by atoms with van der Waals surface area (Å²) >= 11 is 0. The van der Waals surface area contributed by atoms with Crippen LogP contribution >= 0.6 is 0 Å². The SMILES string of the molecule is CCOc1ccccc1C(CN)NCC1CCCO1. The second-order valence-electron chi connectivity index (χ2n) is 4.80. The summed E-state index contributed by atoms with van der Waals surface area (Å²) in [5, 5.41) is 3.50.